The summed E-state index contributed by atoms with van der Waals surface area (Å²) in [6.45, 7) is 0. The van der Waals surface area contributed by atoms with E-state index in [2.05, 4.69) is 4.98 Å². The summed E-state index contributed by atoms with van der Waals surface area (Å²) in [5.74, 6) is -0.341. The summed E-state index contributed by atoms with van der Waals surface area (Å²) >= 11 is 0. The highest BCUT2D eigenvalue weighted by Gasteiger charge is 2.04. The van der Waals surface area contributed by atoms with Crippen LogP contribution in [-0.4, -0.2) is 4.98 Å². The number of hydrogen-bond acceptors (Lipinski definition) is 2. The molecule has 1 aromatic heterocycles. The number of nitrogens with one attached hydrogen (secondary N) is 1. The van der Waals surface area contributed by atoms with Gasteiger partial charge >= 0.3 is 0 Å². The lowest BCUT2D eigenvalue weighted by molar-refractivity contribution is 0.628. The summed E-state index contributed by atoms with van der Waals surface area (Å²) in [4.78, 5) is 14.4. The van der Waals surface area contributed by atoms with Gasteiger partial charge < -0.3 is 4.98 Å². The van der Waals surface area contributed by atoms with Gasteiger partial charge in [0.1, 0.15) is 5.82 Å². The second-order valence-corrected chi connectivity index (χ2v) is 3.57. The van der Waals surface area contributed by atoms with E-state index in [1.807, 2.05) is 6.07 Å². The molecule has 0 bridgehead atoms. The van der Waals surface area contributed by atoms with Crippen LogP contribution in [0.1, 0.15) is 5.69 Å². The highest BCUT2D eigenvalue weighted by molar-refractivity contribution is 5.62. The third kappa shape index (κ3) is 2.40. The van der Waals surface area contributed by atoms with E-state index in [0.717, 1.165) is 0 Å². The molecule has 0 saturated heterocycles. The van der Waals surface area contributed by atoms with Crippen molar-refractivity contribution in [2.45, 2.75) is 6.42 Å². The van der Waals surface area contributed by atoms with Crippen LogP contribution >= 0.6 is 0 Å². The zero-order valence-corrected chi connectivity index (χ0v) is 8.90. The largest absolute Gasteiger partial charge is 0.325 e. The summed E-state index contributed by atoms with van der Waals surface area (Å²) in [5.41, 5.74) is 1.41. The van der Waals surface area contributed by atoms with Gasteiger partial charge in [-0.15, -0.1) is 0 Å². The van der Waals surface area contributed by atoms with Crippen LogP contribution in [-0.2, 0) is 6.42 Å². The Kier molecular flexibility index (Phi) is 3.01. The van der Waals surface area contributed by atoms with Gasteiger partial charge in [-0.05, 0) is 29.8 Å². The second-order valence-electron chi connectivity index (χ2n) is 3.57. The van der Waals surface area contributed by atoms with E-state index >= 15 is 0 Å². The number of aromatic amines is 1. The van der Waals surface area contributed by atoms with Gasteiger partial charge in [0, 0.05) is 11.3 Å². The Bertz CT molecular complexity index is 623. The molecule has 0 radical (unpaired) electrons. The van der Waals surface area contributed by atoms with Crippen molar-refractivity contribution < 1.29 is 4.39 Å². The van der Waals surface area contributed by atoms with Crippen molar-refractivity contribution in [1.82, 2.24) is 4.98 Å². The fourth-order valence-electron chi connectivity index (χ4n) is 1.56. The quantitative estimate of drug-likeness (QED) is 0.857. The van der Waals surface area contributed by atoms with Crippen LogP contribution in [0.3, 0.4) is 0 Å². The summed E-state index contributed by atoms with van der Waals surface area (Å²) < 4.78 is 12.7. The molecule has 0 aliphatic heterocycles. The van der Waals surface area contributed by atoms with Crippen molar-refractivity contribution in [1.29, 1.82) is 5.26 Å². The van der Waals surface area contributed by atoms with Gasteiger partial charge in [0.05, 0.1) is 12.5 Å². The first-order valence-corrected chi connectivity index (χ1v) is 5.06. The molecule has 84 valence electrons. The maximum atomic E-state index is 12.7. The molecule has 2 aromatic rings. The maximum absolute atomic E-state index is 12.7. The van der Waals surface area contributed by atoms with Crippen LogP contribution in [0.15, 0.2) is 41.2 Å². The molecule has 1 aromatic carbocycles. The van der Waals surface area contributed by atoms with Crippen LogP contribution in [0.2, 0.25) is 0 Å². The Balaban J connectivity index is 2.44. The molecule has 4 heteroatoms. The zero-order valence-electron chi connectivity index (χ0n) is 8.90. The number of rotatable bonds is 2. The molecule has 0 amide bonds. The Labute approximate surface area is 97.2 Å². The van der Waals surface area contributed by atoms with Gasteiger partial charge in [-0.25, -0.2) is 4.39 Å². The number of halogens is 1. The van der Waals surface area contributed by atoms with Crippen LogP contribution in [0, 0.1) is 17.1 Å². The number of H-pyrrole nitrogens is 1. The normalized spacial score (nSPS) is 9.88. The monoisotopic (exact) mass is 228 g/mol. The molecule has 1 N–H and O–H groups in total. The molecular formula is C13H9FN2O. The first-order chi connectivity index (χ1) is 8.20. The lowest BCUT2D eigenvalue weighted by atomic mass is 10.1. The van der Waals surface area contributed by atoms with Crippen LogP contribution < -0.4 is 5.56 Å². The molecule has 0 unspecified atom stereocenters. The number of benzene rings is 1. The Hall–Kier alpha value is -2.41. The van der Waals surface area contributed by atoms with E-state index in [0.29, 0.717) is 16.8 Å². The minimum absolute atomic E-state index is 0.166. The predicted molar refractivity (Wildman–Crippen MR) is 61.8 cm³/mol. The SMILES string of the molecule is N#CCc1ccc(-c2ccc(F)cc2)c(=O)[nH]1. The molecule has 2 rings (SSSR count). The average Bonchev–Trinajstić information content (AvgIpc) is 2.31. The third-order valence-corrected chi connectivity index (χ3v) is 2.39. The van der Waals surface area contributed by atoms with E-state index in [1.54, 1.807) is 24.3 Å². The van der Waals surface area contributed by atoms with E-state index < -0.39 is 0 Å². The molecule has 17 heavy (non-hydrogen) atoms. The molecule has 0 aliphatic rings. The topological polar surface area (TPSA) is 56.6 Å². The van der Waals surface area contributed by atoms with E-state index in [-0.39, 0.29) is 17.8 Å². The minimum Gasteiger partial charge on any atom is -0.325 e. The minimum atomic E-state index is -0.341. The summed E-state index contributed by atoms with van der Waals surface area (Å²) in [5, 5.41) is 8.51. The number of pyridine rings is 1. The zero-order chi connectivity index (χ0) is 12.3. The van der Waals surface area contributed by atoms with Crippen molar-refractivity contribution in [2.24, 2.45) is 0 Å². The molecule has 0 atom stereocenters. The van der Waals surface area contributed by atoms with Gasteiger partial charge in [-0.1, -0.05) is 12.1 Å². The summed E-state index contributed by atoms with van der Waals surface area (Å²) in [6.07, 6.45) is 0.166. The fraction of sp³-hybridized carbons (Fsp3) is 0.0769. The summed E-state index contributed by atoms with van der Waals surface area (Å²) in [7, 11) is 0. The Morgan fingerprint density at radius 1 is 1.18 bits per heavy atom. The number of nitrogens with zero attached hydrogens (tertiary/aromatic N) is 1. The average molecular weight is 228 g/mol. The highest BCUT2D eigenvalue weighted by Crippen LogP contribution is 2.15. The van der Waals surface area contributed by atoms with Gasteiger partial charge in [0.2, 0.25) is 0 Å². The number of nitriles is 1. The molecule has 0 spiro atoms. The van der Waals surface area contributed by atoms with Crippen LogP contribution in [0.25, 0.3) is 11.1 Å². The maximum Gasteiger partial charge on any atom is 0.256 e. The van der Waals surface area contributed by atoms with Gasteiger partial charge in [-0.3, -0.25) is 4.79 Å². The van der Waals surface area contributed by atoms with E-state index in [1.165, 1.54) is 12.1 Å². The van der Waals surface area contributed by atoms with Gasteiger partial charge in [0.15, 0.2) is 0 Å². The van der Waals surface area contributed by atoms with Crippen LogP contribution in [0.5, 0.6) is 0 Å². The van der Waals surface area contributed by atoms with Crippen molar-refractivity contribution in [3.05, 3.63) is 58.3 Å². The predicted octanol–water partition coefficient (Wildman–Crippen LogP) is 2.25. The van der Waals surface area contributed by atoms with Crippen LogP contribution in [0.4, 0.5) is 4.39 Å². The number of aromatic nitrogens is 1. The molecule has 1 heterocycles. The van der Waals surface area contributed by atoms with Crippen molar-refractivity contribution >= 4 is 0 Å². The fourth-order valence-corrected chi connectivity index (χ4v) is 1.56. The molecule has 0 saturated carbocycles. The first kappa shape index (κ1) is 11.1. The van der Waals surface area contributed by atoms with Gasteiger partial charge in [-0.2, -0.15) is 5.26 Å². The first-order valence-electron chi connectivity index (χ1n) is 5.06. The number of hydrogen-bond donors (Lipinski definition) is 1. The third-order valence-electron chi connectivity index (χ3n) is 2.39. The van der Waals surface area contributed by atoms with E-state index in [4.69, 9.17) is 5.26 Å². The second kappa shape index (κ2) is 4.62. The summed E-state index contributed by atoms with van der Waals surface area (Å²) in [6, 6.07) is 11.0. The Morgan fingerprint density at radius 3 is 2.47 bits per heavy atom. The molecule has 0 fully saturated rings. The lowest BCUT2D eigenvalue weighted by Gasteiger charge is -2.01. The highest BCUT2D eigenvalue weighted by atomic mass is 19.1. The smallest absolute Gasteiger partial charge is 0.256 e. The molecule has 3 nitrogen and oxygen atoms in total. The van der Waals surface area contributed by atoms with Crippen molar-refractivity contribution in [3.8, 4) is 17.2 Å². The lowest BCUT2D eigenvalue weighted by Crippen LogP contribution is -2.10. The van der Waals surface area contributed by atoms with E-state index in [9.17, 15) is 9.18 Å². The molecule has 0 aliphatic carbocycles. The standard InChI is InChI=1S/C13H9FN2O/c14-10-3-1-9(2-4-10)12-6-5-11(7-8-15)16-13(12)17/h1-6H,7H2,(H,16,17). The molecular weight excluding hydrogens is 219 g/mol. The van der Waals surface area contributed by atoms with Crippen molar-refractivity contribution in [3.63, 3.8) is 0 Å². The van der Waals surface area contributed by atoms with Gasteiger partial charge in [0.25, 0.3) is 5.56 Å². The Morgan fingerprint density at radius 2 is 1.88 bits per heavy atom. The van der Waals surface area contributed by atoms with Crippen molar-refractivity contribution in [2.75, 3.05) is 0 Å².